The van der Waals surface area contributed by atoms with Crippen molar-refractivity contribution in [1.82, 2.24) is 0 Å². The number of nitrogens with zero attached hydrogens (tertiary/aromatic N) is 2. The normalized spacial score (nSPS) is 14.2. The standard InChI is InChI=1S/C42H37N3O5S/c1-30-16-20-35(21-17-30)45-41(33-14-9-15-37(26-33)50-29-32-12-7-4-8-13-32)44(28-31-10-5-3-6-11-31)40-25-24-38(27-39(40)42(45)46)51(47,48)43-34-18-22-36(49-2)23-19-34/h3-27,41,43H,28-29H2,1-2H3/t41-/m1/s1. The predicted octanol–water partition coefficient (Wildman–Crippen LogP) is 8.75. The third-order valence-electron chi connectivity index (χ3n) is 8.83. The number of carbonyl (C=O) groups excluding carboxylic acids is 1. The smallest absolute Gasteiger partial charge is 0.262 e. The summed E-state index contributed by atoms with van der Waals surface area (Å²) in [5.74, 6) is 0.958. The van der Waals surface area contributed by atoms with E-state index in [1.807, 2.05) is 116 Å². The summed E-state index contributed by atoms with van der Waals surface area (Å²) in [6, 6.07) is 46.9. The van der Waals surface area contributed by atoms with Gasteiger partial charge in [-0.25, -0.2) is 8.42 Å². The molecule has 1 aliphatic heterocycles. The van der Waals surface area contributed by atoms with Crippen LogP contribution in [-0.2, 0) is 23.2 Å². The van der Waals surface area contributed by atoms with Gasteiger partial charge in [-0.1, -0.05) is 90.5 Å². The van der Waals surface area contributed by atoms with Crippen molar-refractivity contribution in [1.29, 1.82) is 0 Å². The number of sulfonamides is 1. The second-order valence-electron chi connectivity index (χ2n) is 12.4. The number of rotatable bonds is 11. The molecule has 0 bridgehead atoms. The molecule has 7 rings (SSSR count). The van der Waals surface area contributed by atoms with E-state index in [4.69, 9.17) is 9.47 Å². The molecular weight excluding hydrogens is 659 g/mol. The quantitative estimate of drug-likeness (QED) is 0.146. The Balaban J connectivity index is 1.34. The van der Waals surface area contributed by atoms with Crippen molar-refractivity contribution in [2.45, 2.75) is 31.1 Å². The lowest BCUT2D eigenvalue weighted by molar-refractivity contribution is 0.0968. The molecular formula is C42H37N3O5S. The fraction of sp³-hybridized carbons (Fsp3) is 0.119. The van der Waals surface area contributed by atoms with Crippen molar-refractivity contribution in [3.8, 4) is 11.5 Å². The summed E-state index contributed by atoms with van der Waals surface area (Å²) < 4.78 is 41.5. The first-order chi connectivity index (χ1) is 24.8. The monoisotopic (exact) mass is 695 g/mol. The minimum absolute atomic E-state index is 0.0244. The second-order valence-corrected chi connectivity index (χ2v) is 14.0. The minimum atomic E-state index is -4.05. The van der Waals surface area contributed by atoms with E-state index in [1.165, 1.54) is 6.07 Å². The highest BCUT2D eigenvalue weighted by atomic mass is 32.2. The largest absolute Gasteiger partial charge is 0.497 e. The lowest BCUT2D eigenvalue weighted by atomic mass is 9.98. The van der Waals surface area contributed by atoms with Crippen LogP contribution in [0.1, 0.15) is 38.8 Å². The van der Waals surface area contributed by atoms with E-state index in [1.54, 1.807) is 48.4 Å². The Bertz CT molecular complexity index is 2250. The Hall–Kier alpha value is -6.06. The Kier molecular flexibility index (Phi) is 9.46. The van der Waals surface area contributed by atoms with Crippen LogP contribution < -0.4 is 24.0 Å². The van der Waals surface area contributed by atoms with Crippen LogP contribution in [-0.4, -0.2) is 21.4 Å². The van der Waals surface area contributed by atoms with Gasteiger partial charge in [0.25, 0.3) is 15.9 Å². The number of hydrogen-bond donors (Lipinski definition) is 1. The molecule has 0 saturated heterocycles. The van der Waals surface area contributed by atoms with Gasteiger partial charge in [0, 0.05) is 17.9 Å². The van der Waals surface area contributed by atoms with Gasteiger partial charge in [-0.2, -0.15) is 0 Å². The number of fused-ring (bicyclic) bond motifs is 1. The van der Waals surface area contributed by atoms with Crippen molar-refractivity contribution in [3.05, 3.63) is 179 Å². The fourth-order valence-corrected chi connectivity index (χ4v) is 7.32. The average Bonchev–Trinajstić information content (AvgIpc) is 3.16. The number of anilines is 3. The van der Waals surface area contributed by atoms with Gasteiger partial charge in [0.1, 0.15) is 24.3 Å². The van der Waals surface area contributed by atoms with Crippen LogP contribution >= 0.6 is 0 Å². The molecule has 1 heterocycles. The highest BCUT2D eigenvalue weighted by Gasteiger charge is 2.40. The Morgan fingerprint density at radius 2 is 1.39 bits per heavy atom. The van der Waals surface area contributed by atoms with Crippen LogP contribution in [0.4, 0.5) is 17.1 Å². The summed E-state index contributed by atoms with van der Waals surface area (Å²) in [7, 11) is -2.50. The van der Waals surface area contributed by atoms with Gasteiger partial charge in [0.05, 0.1) is 23.3 Å². The molecule has 0 radical (unpaired) electrons. The number of methoxy groups -OCH3 is 1. The fourth-order valence-electron chi connectivity index (χ4n) is 6.24. The molecule has 0 aliphatic carbocycles. The lowest BCUT2D eigenvalue weighted by Crippen LogP contribution is -2.49. The van der Waals surface area contributed by atoms with Gasteiger partial charge < -0.3 is 14.4 Å². The number of amides is 1. The van der Waals surface area contributed by atoms with Gasteiger partial charge >= 0.3 is 0 Å². The summed E-state index contributed by atoms with van der Waals surface area (Å²) in [5, 5.41) is 0. The highest BCUT2D eigenvalue weighted by molar-refractivity contribution is 7.92. The number of benzene rings is 6. The third kappa shape index (κ3) is 7.29. The van der Waals surface area contributed by atoms with Crippen LogP contribution in [0.2, 0.25) is 0 Å². The van der Waals surface area contributed by atoms with Gasteiger partial charge in [-0.05, 0) is 90.3 Å². The molecule has 0 fully saturated rings. The molecule has 9 heteroatoms. The first-order valence-corrected chi connectivity index (χ1v) is 18.1. The number of hydrogen-bond acceptors (Lipinski definition) is 6. The zero-order valence-corrected chi connectivity index (χ0v) is 29.1. The summed E-state index contributed by atoms with van der Waals surface area (Å²) in [6.07, 6.45) is -0.590. The number of nitrogens with one attached hydrogen (secondary N) is 1. The third-order valence-corrected chi connectivity index (χ3v) is 10.2. The van der Waals surface area contributed by atoms with Gasteiger partial charge in [-0.3, -0.25) is 14.4 Å². The van der Waals surface area contributed by atoms with E-state index in [2.05, 4.69) is 9.62 Å². The van der Waals surface area contributed by atoms with Crippen LogP contribution in [0.3, 0.4) is 0 Å². The summed E-state index contributed by atoms with van der Waals surface area (Å²) in [4.78, 5) is 18.7. The molecule has 0 saturated carbocycles. The zero-order chi connectivity index (χ0) is 35.4. The second kappa shape index (κ2) is 14.4. The van der Waals surface area contributed by atoms with Gasteiger partial charge in [-0.15, -0.1) is 0 Å². The summed E-state index contributed by atoms with van der Waals surface area (Å²) >= 11 is 0. The predicted molar refractivity (Wildman–Crippen MR) is 201 cm³/mol. The van der Waals surface area contributed by atoms with Crippen LogP contribution in [0.25, 0.3) is 0 Å². The van der Waals surface area contributed by atoms with Gasteiger partial charge in [0.15, 0.2) is 0 Å². The Labute approximate surface area is 298 Å². The van der Waals surface area contributed by atoms with E-state index in [0.29, 0.717) is 41.7 Å². The van der Waals surface area contributed by atoms with Crippen molar-refractivity contribution >= 4 is 33.0 Å². The molecule has 1 aliphatic rings. The van der Waals surface area contributed by atoms with Crippen molar-refractivity contribution in [2.24, 2.45) is 0 Å². The highest BCUT2D eigenvalue weighted by Crippen LogP contribution is 2.44. The number of ether oxygens (including phenoxy) is 2. The SMILES string of the molecule is COc1ccc(NS(=O)(=O)c2ccc3c(c2)C(=O)N(c2ccc(C)cc2)[C@H](c2cccc(OCc4ccccc4)c2)N3Cc2ccccc2)cc1. The molecule has 51 heavy (non-hydrogen) atoms. The maximum Gasteiger partial charge on any atom is 0.262 e. The molecule has 6 aromatic rings. The maximum absolute atomic E-state index is 14.8. The molecule has 1 amide bonds. The molecule has 0 unspecified atom stereocenters. The maximum atomic E-state index is 14.8. The molecule has 1 N–H and O–H groups in total. The van der Waals surface area contributed by atoms with Crippen molar-refractivity contribution in [2.75, 3.05) is 21.6 Å². The molecule has 256 valence electrons. The zero-order valence-electron chi connectivity index (χ0n) is 28.3. The van der Waals surface area contributed by atoms with Crippen LogP contribution in [0, 0.1) is 6.92 Å². The van der Waals surface area contributed by atoms with Crippen LogP contribution in [0.5, 0.6) is 11.5 Å². The van der Waals surface area contributed by atoms with E-state index in [9.17, 15) is 13.2 Å². The molecule has 8 nitrogen and oxygen atoms in total. The van der Waals surface area contributed by atoms with E-state index >= 15 is 0 Å². The van der Waals surface area contributed by atoms with Crippen molar-refractivity contribution < 1.29 is 22.7 Å². The Morgan fingerprint density at radius 3 is 2.08 bits per heavy atom. The van der Waals surface area contributed by atoms with Crippen LogP contribution in [0.15, 0.2) is 157 Å². The Morgan fingerprint density at radius 1 is 0.706 bits per heavy atom. The topological polar surface area (TPSA) is 88.2 Å². The first kappa shape index (κ1) is 33.4. The average molecular weight is 696 g/mol. The van der Waals surface area contributed by atoms with E-state index in [0.717, 1.165) is 22.3 Å². The number of aryl methyl sites for hydroxylation is 1. The van der Waals surface area contributed by atoms with E-state index in [-0.39, 0.29) is 16.4 Å². The molecule has 6 aromatic carbocycles. The minimum Gasteiger partial charge on any atom is -0.497 e. The molecule has 0 aromatic heterocycles. The first-order valence-electron chi connectivity index (χ1n) is 16.6. The van der Waals surface area contributed by atoms with Crippen molar-refractivity contribution in [3.63, 3.8) is 0 Å². The lowest BCUT2D eigenvalue weighted by Gasteiger charge is -2.46. The molecule has 0 spiro atoms. The van der Waals surface area contributed by atoms with E-state index < -0.39 is 16.2 Å². The summed E-state index contributed by atoms with van der Waals surface area (Å²) in [6.45, 7) is 2.84. The summed E-state index contributed by atoms with van der Waals surface area (Å²) in [5.41, 5.74) is 5.92. The number of carbonyl (C=O) groups is 1. The van der Waals surface area contributed by atoms with Gasteiger partial charge in [0.2, 0.25) is 0 Å². The molecule has 1 atom stereocenters.